The third kappa shape index (κ3) is 3.92. The van der Waals surface area contributed by atoms with Crippen molar-refractivity contribution < 1.29 is 14.3 Å². The van der Waals surface area contributed by atoms with Gasteiger partial charge in [-0.05, 0) is 54.6 Å². The van der Waals surface area contributed by atoms with Crippen molar-refractivity contribution in [2.75, 3.05) is 36.6 Å². The number of allylic oxidation sites excluding steroid dienone is 2. The van der Waals surface area contributed by atoms with E-state index in [9.17, 15) is 9.59 Å². The number of ether oxygens (including phenoxy) is 2. The third-order valence-corrected chi connectivity index (χ3v) is 8.00. The van der Waals surface area contributed by atoms with Gasteiger partial charge in [-0.3, -0.25) is 9.59 Å². The summed E-state index contributed by atoms with van der Waals surface area (Å²) in [5, 5.41) is 4.89. The molecule has 41 heavy (non-hydrogen) atoms. The number of carbonyl (C=O) groups is 1. The molecule has 0 radical (unpaired) electrons. The molecule has 206 valence electrons. The lowest BCUT2D eigenvalue weighted by atomic mass is 10.1. The van der Waals surface area contributed by atoms with Crippen LogP contribution in [0.4, 0.5) is 17.3 Å². The summed E-state index contributed by atoms with van der Waals surface area (Å²) in [6, 6.07) is 14.2. The van der Waals surface area contributed by atoms with Crippen molar-refractivity contribution in [2.24, 2.45) is 0 Å². The smallest absolute Gasteiger partial charge is 0.278 e. The molecule has 3 aliphatic heterocycles. The number of hydrogen-bond donors (Lipinski definition) is 1. The van der Waals surface area contributed by atoms with Gasteiger partial charge in [0.05, 0.1) is 42.7 Å². The average Bonchev–Trinajstić information content (AvgIpc) is 3.47. The van der Waals surface area contributed by atoms with Crippen LogP contribution in [-0.2, 0) is 16.1 Å². The molecular formula is C30H27N7O4. The van der Waals surface area contributed by atoms with Crippen LogP contribution in [0.1, 0.15) is 18.9 Å². The molecule has 11 heteroatoms. The highest BCUT2D eigenvalue weighted by atomic mass is 16.5. The number of nitrogens with one attached hydrogen (secondary N) is 1. The second kappa shape index (κ2) is 9.34. The fourth-order valence-electron chi connectivity index (χ4n) is 5.80. The Labute approximate surface area is 234 Å². The number of anilines is 3. The van der Waals surface area contributed by atoms with Crippen molar-refractivity contribution in [3.8, 4) is 11.4 Å². The average molecular weight is 550 g/mol. The van der Waals surface area contributed by atoms with Crippen LogP contribution in [0, 0.1) is 0 Å². The van der Waals surface area contributed by atoms with E-state index in [4.69, 9.17) is 14.5 Å². The molecule has 6 heterocycles. The molecule has 0 saturated carbocycles. The topological polar surface area (TPSA) is 108 Å². The van der Waals surface area contributed by atoms with E-state index in [0.717, 1.165) is 29.4 Å². The first kappa shape index (κ1) is 23.9. The van der Waals surface area contributed by atoms with Crippen LogP contribution in [0.25, 0.3) is 27.6 Å². The molecule has 8 rings (SSSR count). The molecule has 0 aliphatic carbocycles. The number of fused-ring (bicyclic) bond motifs is 6. The van der Waals surface area contributed by atoms with Gasteiger partial charge in [-0.15, -0.1) is 0 Å². The SMILES string of the molecule is O=C1COc2ccc3cc2N1CCCC=CCn1c(=O)c2cnc(Nc4ccc5ccn(C6COC6)c5c4)nc2n1-3. The first-order valence-electron chi connectivity index (χ1n) is 13.8. The van der Waals surface area contributed by atoms with E-state index in [0.29, 0.717) is 66.5 Å². The van der Waals surface area contributed by atoms with Gasteiger partial charge in [0.25, 0.3) is 11.5 Å². The number of benzene rings is 2. The summed E-state index contributed by atoms with van der Waals surface area (Å²) in [4.78, 5) is 37.4. The van der Waals surface area contributed by atoms with E-state index in [1.54, 1.807) is 20.5 Å². The van der Waals surface area contributed by atoms with Gasteiger partial charge in [0, 0.05) is 24.6 Å². The Kier molecular flexibility index (Phi) is 5.46. The molecular weight excluding hydrogens is 522 g/mol. The Morgan fingerprint density at radius 2 is 1.95 bits per heavy atom. The maximum absolute atomic E-state index is 13.6. The fourth-order valence-corrected chi connectivity index (χ4v) is 5.80. The molecule has 5 aromatic rings. The number of carbonyl (C=O) groups excluding carboxylic acids is 1. The largest absolute Gasteiger partial charge is 0.482 e. The van der Waals surface area contributed by atoms with E-state index < -0.39 is 0 Å². The molecule has 3 aromatic heterocycles. The number of rotatable bonds is 3. The van der Waals surface area contributed by atoms with Gasteiger partial charge >= 0.3 is 0 Å². The monoisotopic (exact) mass is 549 g/mol. The summed E-state index contributed by atoms with van der Waals surface area (Å²) >= 11 is 0. The lowest BCUT2D eigenvalue weighted by molar-refractivity contribution is -0.121. The highest BCUT2D eigenvalue weighted by Gasteiger charge is 2.27. The minimum atomic E-state index is -0.183. The number of hydrogen-bond acceptors (Lipinski definition) is 7. The zero-order chi connectivity index (χ0) is 27.5. The van der Waals surface area contributed by atoms with Crippen LogP contribution in [0.5, 0.6) is 5.75 Å². The lowest BCUT2D eigenvalue weighted by Crippen LogP contribution is -2.39. The molecule has 2 bridgehead atoms. The summed E-state index contributed by atoms with van der Waals surface area (Å²) in [6.07, 6.45) is 9.32. The van der Waals surface area contributed by atoms with Gasteiger partial charge in [-0.25, -0.2) is 14.3 Å². The van der Waals surface area contributed by atoms with Crippen LogP contribution in [0.15, 0.2) is 71.8 Å². The molecule has 0 spiro atoms. The number of nitrogens with zero attached hydrogens (tertiary/aromatic N) is 6. The Bertz CT molecular complexity index is 1930. The highest BCUT2D eigenvalue weighted by Crippen LogP contribution is 2.35. The second-order valence-corrected chi connectivity index (χ2v) is 10.5. The number of aromatic nitrogens is 5. The fraction of sp³-hybridized carbons (Fsp3) is 0.267. The van der Waals surface area contributed by atoms with E-state index in [-0.39, 0.29) is 18.1 Å². The normalized spacial score (nSPS) is 17.1. The van der Waals surface area contributed by atoms with Gasteiger partial charge in [0.1, 0.15) is 11.1 Å². The minimum absolute atomic E-state index is 0.0204. The summed E-state index contributed by atoms with van der Waals surface area (Å²) in [5.41, 5.74) is 3.65. The number of amides is 1. The van der Waals surface area contributed by atoms with Crippen molar-refractivity contribution in [2.45, 2.75) is 25.4 Å². The molecule has 0 unspecified atom stereocenters. The maximum atomic E-state index is 13.6. The highest BCUT2D eigenvalue weighted by molar-refractivity contribution is 5.98. The molecule has 11 nitrogen and oxygen atoms in total. The van der Waals surface area contributed by atoms with Crippen molar-refractivity contribution in [3.63, 3.8) is 0 Å². The minimum Gasteiger partial charge on any atom is -0.482 e. The van der Waals surface area contributed by atoms with Gasteiger partial charge in [0.15, 0.2) is 12.3 Å². The molecule has 3 aliphatic rings. The lowest BCUT2D eigenvalue weighted by Gasteiger charge is -2.30. The van der Waals surface area contributed by atoms with Gasteiger partial charge in [-0.1, -0.05) is 18.2 Å². The van der Waals surface area contributed by atoms with E-state index in [1.165, 1.54) is 0 Å². The van der Waals surface area contributed by atoms with Crippen LogP contribution >= 0.6 is 0 Å². The van der Waals surface area contributed by atoms with Crippen molar-refractivity contribution in [1.82, 2.24) is 23.9 Å². The summed E-state index contributed by atoms with van der Waals surface area (Å²) in [6.45, 7) is 2.43. The zero-order valence-corrected chi connectivity index (χ0v) is 22.2. The molecule has 1 saturated heterocycles. The van der Waals surface area contributed by atoms with Crippen molar-refractivity contribution >= 4 is 45.2 Å². The van der Waals surface area contributed by atoms with Crippen molar-refractivity contribution in [1.29, 1.82) is 0 Å². The van der Waals surface area contributed by atoms with Gasteiger partial charge in [0.2, 0.25) is 5.95 Å². The molecule has 1 amide bonds. The van der Waals surface area contributed by atoms with Crippen LogP contribution < -0.4 is 20.5 Å². The Morgan fingerprint density at radius 1 is 1.02 bits per heavy atom. The molecule has 2 aromatic carbocycles. The Morgan fingerprint density at radius 3 is 2.83 bits per heavy atom. The first-order chi connectivity index (χ1) is 20.1. The van der Waals surface area contributed by atoms with Crippen LogP contribution in [0.2, 0.25) is 0 Å². The van der Waals surface area contributed by atoms with Crippen molar-refractivity contribution in [3.05, 3.63) is 77.4 Å². The molecule has 0 atom stereocenters. The Balaban J connectivity index is 1.24. The standard InChI is InChI=1S/C30H27N7O4/c38-27-18-41-26-8-7-21-14-25(26)35(27)10-3-1-2-4-11-36-29(39)23-15-31-30(33-28(23)37(21)36)32-20-6-5-19-9-12-34(24(19)13-20)22-16-40-17-22/h2,4-9,12-15,22H,1,3,10-11,16-18H2,(H,31,32,33). The summed E-state index contributed by atoms with van der Waals surface area (Å²) in [7, 11) is 0. The summed E-state index contributed by atoms with van der Waals surface area (Å²) in [5.74, 6) is 0.951. The van der Waals surface area contributed by atoms with E-state index >= 15 is 0 Å². The van der Waals surface area contributed by atoms with Gasteiger partial charge < -0.3 is 24.3 Å². The van der Waals surface area contributed by atoms with E-state index in [2.05, 4.69) is 45.3 Å². The quantitative estimate of drug-likeness (QED) is 0.340. The molecule has 1 N–H and O–H groups in total. The molecule has 1 fully saturated rings. The maximum Gasteiger partial charge on any atom is 0.278 e. The zero-order valence-electron chi connectivity index (χ0n) is 22.2. The Hall–Kier alpha value is -4.90. The van der Waals surface area contributed by atoms with Crippen LogP contribution in [-0.4, -0.2) is 56.2 Å². The second-order valence-electron chi connectivity index (χ2n) is 10.5. The van der Waals surface area contributed by atoms with Gasteiger partial charge in [-0.2, -0.15) is 4.98 Å². The third-order valence-electron chi connectivity index (χ3n) is 8.00. The predicted molar refractivity (Wildman–Crippen MR) is 154 cm³/mol. The summed E-state index contributed by atoms with van der Waals surface area (Å²) < 4.78 is 16.8. The van der Waals surface area contributed by atoms with E-state index in [1.807, 2.05) is 30.3 Å². The van der Waals surface area contributed by atoms with Crippen LogP contribution in [0.3, 0.4) is 0 Å². The predicted octanol–water partition coefficient (Wildman–Crippen LogP) is 3.93. The first-order valence-corrected chi connectivity index (χ1v) is 13.8.